The first-order chi connectivity index (χ1) is 9.11. The van der Waals surface area contributed by atoms with Crippen molar-refractivity contribution in [1.29, 1.82) is 0 Å². The zero-order valence-corrected chi connectivity index (χ0v) is 11.2. The number of nitrogens with two attached hydrogens (primary N) is 1. The lowest BCUT2D eigenvalue weighted by Crippen LogP contribution is -2.28. The summed E-state index contributed by atoms with van der Waals surface area (Å²) in [5.41, 5.74) is 6.34. The van der Waals surface area contributed by atoms with Crippen LogP contribution in [0.3, 0.4) is 0 Å². The van der Waals surface area contributed by atoms with Crippen LogP contribution >= 0.6 is 12.2 Å². The molecule has 2 heterocycles. The number of methoxy groups -OCH3 is 1. The third kappa shape index (κ3) is 2.97. The van der Waals surface area contributed by atoms with Crippen LogP contribution in [-0.2, 0) is 6.54 Å². The van der Waals surface area contributed by atoms with Gasteiger partial charge in [0.1, 0.15) is 4.99 Å². The lowest BCUT2D eigenvalue weighted by atomic mass is 10.2. The monoisotopic (exact) mass is 275 g/mol. The van der Waals surface area contributed by atoms with Crippen LogP contribution in [0.4, 0.5) is 0 Å². The van der Waals surface area contributed by atoms with Gasteiger partial charge in [-0.05, 0) is 18.2 Å². The van der Waals surface area contributed by atoms with Gasteiger partial charge >= 0.3 is 0 Å². The molecule has 6 heteroatoms. The van der Waals surface area contributed by atoms with Crippen LogP contribution in [0.2, 0.25) is 0 Å². The van der Waals surface area contributed by atoms with Crippen LogP contribution in [0.25, 0.3) is 0 Å². The Labute approximate surface area is 115 Å². The molecular formula is C13H13N3O2S. The lowest BCUT2D eigenvalue weighted by molar-refractivity contribution is 0.396. The van der Waals surface area contributed by atoms with Crippen molar-refractivity contribution in [1.82, 2.24) is 9.55 Å². The number of hydrogen-bond donors (Lipinski definition) is 1. The van der Waals surface area contributed by atoms with E-state index in [0.717, 1.165) is 5.69 Å². The molecule has 0 aliphatic heterocycles. The van der Waals surface area contributed by atoms with Gasteiger partial charge in [-0.2, -0.15) is 0 Å². The van der Waals surface area contributed by atoms with E-state index in [2.05, 4.69) is 4.98 Å². The number of hydrogen-bond acceptors (Lipinski definition) is 4. The van der Waals surface area contributed by atoms with Crippen molar-refractivity contribution in [3.63, 3.8) is 0 Å². The summed E-state index contributed by atoms with van der Waals surface area (Å²) in [6.07, 6.45) is 1.67. The quantitative estimate of drug-likeness (QED) is 0.841. The number of nitrogens with zero attached hydrogens (tertiary/aromatic N) is 2. The zero-order chi connectivity index (χ0) is 13.8. The molecule has 19 heavy (non-hydrogen) atoms. The molecule has 0 aliphatic rings. The molecule has 0 spiro atoms. The predicted octanol–water partition coefficient (Wildman–Crippen LogP) is 0.934. The zero-order valence-electron chi connectivity index (χ0n) is 10.4. The maximum Gasteiger partial charge on any atom is 0.261 e. The van der Waals surface area contributed by atoms with Gasteiger partial charge in [0.25, 0.3) is 5.56 Å². The Bertz CT molecular complexity index is 667. The van der Waals surface area contributed by atoms with Crippen molar-refractivity contribution in [2.24, 2.45) is 5.73 Å². The standard InChI is InChI=1S/C13H13N3O2S/c1-18-11-6-2-4-9(15-11)8-16-7-3-5-10(12(14)19)13(16)17/h2-7H,8H2,1H3,(H2,14,19). The van der Waals surface area contributed by atoms with E-state index >= 15 is 0 Å². The summed E-state index contributed by atoms with van der Waals surface area (Å²) in [6.45, 7) is 0.340. The summed E-state index contributed by atoms with van der Waals surface area (Å²) in [5.74, 6) is 0.510. The largest absolute Gasteiger partial charge is 0.481 e. The highest BCUT2D eigenvalue weighted by Gasteiger charge is 2.06. The Morgan fingerprint density at radius 3 is 2.89 bits per heavy atom. The van der Waals surface area contributed by atoms with Crippen LogP contribution < -0.4 is 16.0 Å². The summed E-state index contributed by atoms with van der Waals surface area (Å²) < 4.78 is 6.56. The van der Waals surface area contributed by atoms with E-state index in [1.165, 1.54) is 4.57 Å². The van der Waals surface area contributed by atoms with Crippen LogP contribution in [0.1, 0.15) is 11.3 Å². The molecule has 0 aromatic carbocycles. The van der Waals surface area contributed by atoms with Crippen LogP contribution in [0, 0.1) is 0 Å². The predicted molar refractivity (Wildman–Crippen MR) is 76.5 cm³/mol. The molecule has 0 unspecified atom stereocenters. The SMILES string of the molecule is COc1cccc(Cn2cccc(C(N)=S)c2=O)n1. The minimum Gasteiger partial charge on any atom is -0.481 e. The van der Waals surface area contributed by atoms with Crippen molar-refractivity contribution in [2.75, 3.05) is 7.11 Å². The van der Waals surface area contributed by atoms with Crippen molar-refractivity contribution < 1.29 is 4.74 Å². The minimum absolute atomic E-state index is 0.0953. The second-order valence-electron chi connectivity index (χ2n) is 3.89. The van der Waals surface area contributed by atoms with Crippen molar-refractivity contribution in [2.45, 2.75) is 6.54 Å². The summed E-state index contributed by atoms with van der Waals surface area (Å²) in [7, 11) is 1.55. The molecule has 0 saturated heterocycles. The fourth-order valence-corrected chi connectivity index (χ4v) is 1.84. The number of aromatic nitrogens is 2. The molecule has 0 bridgehead atoms. The maximum absolute atomic E-state index is 12.1. The highest BCUT2D eigenvalue weighted by Crippen LogP contribution is 2.07. The highest BCUT2D eigenvalue weighted by molar-refractivity contribution is 7.80. The van der Waals surface area contributed by atoms with Crippen molar-refractivity contribution in [3.8, 4) is 5.88 Å². The van der Waals surface area contributed by atoms with E-state index in [4.69, 9.17) is 22.7 Å². The van der Waals surface area contributed by atoms with Crippen LogP contribution in [-0.4, -0.2) is 21.6 Å². The van der Waals surface area contributed by atoms with Gasteiger partial charge in [0.05, 0.1) is 24.9 Å². The molecule has 0 atom stereocenters. The average Bonchev–Trinajstić information content (AvgIpc) is 2.41. The van der Waals surface area contributed by atoms with E-state index < -0.39 is 0 Å². The van der Waals surface area contributed by atoms with E-state index in [-0.39, 0.29) is 10.5 Å². The van der Waals surface area contributed by atoms with Gasteiger partial charge in [-0.1, -0.05) is 18.3 Å². The summed E-state index contributed by atoms with van der Waals surface area (Å²) in [6, 6.07) is 8.74. The smallest absolute Gasteiger partial charge is 0.261 e. The number of thiocarbonyl (C=S) groups is 1. The second-order valence-corrected chi connectivity index (χ2v) is 4.33. The Morgan fingerprint density at radius 1 is 1.42 bits per heavy atom. The first kappa shape index (κ1) is 13.2. The molecule has 98 valence electrons. The second kappa shape index (κ2) is 5.62. The normalized spacial score (nSPS) is 10.2. The van der Waals surface area contributed by atoms with E-state index in [0.29, 0.717) is 18.0 Å². The minimum atomic E-state index is -0.223. The Balaban J connectivity index is 2.36. The van der Waals surface area contributed by atoms with E-state index in [1.54, 1.807) is 31.5 Å². The van der Waals surface area contributed by atoms with Gasteiger partial charge in [0, 0.05) is 12.3 Å². The molecule has 5 nitrogen and oxygen atoms in total. The average molecular weight is 275 g/mol. The molecule has 2 N–H and O–H groups in total. The van der Waals surface area contributed by atoms with Crippen molar-refractivity contribution in [3.05, 3.63) is 58.1 Å². The molecular weight excluding hydrogens is 262 g/mol. The van der Waals surface area contributed by atoms with Gasteiger partial charge in [0.15, 0.2) is 0 Å². The van der Waals surface area contributed by atoms with E-state index in [9.17, 15) is 4.79 Å². The topological polar surface area (TPSA) is 70.1 Å². The Kier molecular flexibility index (Phi) is 3.91. The summed E-state index contributed by atoms with van der Waals surface area (Å²) in [5, 5.41) is 0. The van der Waals surface area contributed by atoms with Crippen LogP contribution in [0.5, 0.6) is 5.88 Å². The third-order valence-electron chi connectivity index (χ3n) is 2.61. The Morgan fingerprint density at radius 2 is 2.21 bits per heavy atom. The van der Waals surface area contributed by atoms with Gasteiger partial charge in [-0.15, -0.1) is 0 Å². The molecule has 0 saturated carbocycles. The maximum atomic E-state index is 12.1. The third-order valence-corrected chi connectivity index (χ3v) is 2.83. The fourth-order valence-electron chi connectivity index (χ4n) is 1.68. The molecule has 2 rings (SSSR count). The molecule has 0 fully saturated rings. The van der Waals surface area contributed by atoms with Gasteiger partial charge in [-0.3, -0.25) is 4.79 Å². The molecule has 0 amide bonds. The number of rotatable bonds is 4. The van der Waals surface area contributed by atoms with Crippen LogP contribution in [0.15, 0.2) is 41.3 Å². The number of ether oxygens (including phenoxy) is 1. The van der Waals surface area contributed by atoms with Gasteiger partial charge in [-0.25, -0.2) is 4.98 Å². The molecule has 0 radical (unpaired) electrons. The molecule has 0 aliphatic carbocycles. The van der Waals surface area contributed by atoms with Crippen molar-refractivity contribution >= 4 is 17.2 Å². The fraction of sp³-hybridized carbons (Fsp3) is 0.154. The first-order valence-corrected chi connectivity index (χ1v) is 6.02. The van der Waals surface area contributed by atoms with E-state index in [1.807, 2.05) is 12.1 Å². The summed E-state index contributed by atoms with van der Waals surface area (Å²) in [4.78, 5) is 16.5. The summed E-state index contributed by atoms with van der Waals surface area (Å²) >= 11 is 4.84. The highest BCUT2D eigenvalue weighted by atomic mass is 32.1. The van der Waals surface area contributed by atoms with Gasteiger partial charge < -0.3 is 15.0 Å². The Hall–Kier alpha value is -2.21. The molecule has 2 aromatic heterocycles. The van der Waals surface area contributed by atoms with Gasteiger partial charge in [0.2, 0.25) is 5.88 Å². The first-order valence-electron chi connectivity index (χ1n) is 5.61. The lowest BCUT2D eigenvalue weighted by Gasteiger charge is -2.08. The number of pyridine rings is 2. The molecule has 2 aromatic rings.